The van der Waals surface area contributed by atoms with Crippen LogP contribution in [0.1, 0.15) is 21.9 Å². The molecule has 0 unspecified atom stereocenters. The van der Waals surface area contributed by atoms with Crippen LogP contribution in [0.3, 0.4) is 0 Å². The van der Waals surface area contributed by atoms with E-state index in [9.17, 15) is 4.79 Å². The Kier molecular flexibility index (Phi) is 3.62. The fraction of sp³-hybridized carbons (Fsp3) is 0.357. The van der Waals surface area contributed by atoms with Crippen LogP contribution in [0.15, 0.2) is 20.5 Å². The van der Waals surface area contributed by atoms with Gasteiger partial charge in [-0.25, -0.2) is 4.98 Å². The van der Waals surface area contributed by atoms with Crippen LogP contribution in [0.4, 0.5) is 0 Å². The van der Waals surface area contributed by atoms with Crippen LogP contribution in [0.25, 0.3) is 10.2 Å². The highest BCUT2D eigenvalue weighted by Crippen LogP contribution is 2.29. The van der Waals surface area contributed by atoms with Gasteiger partial charge in [0.2, 0.25) is 0 Å². The first kappa shape index (κ1) is 14.3. The molecular formula is C14H15N3O2S2. The van der Waals surface area contributed by atoms with Gasteiger partial charge in [0, 0.05) is 18.0 Å². The van der Waals surface area contributed by atoms with Crippen molar-refractivity contribution in [2.75, 3.05) is 0 Å². The molecule has 0 spiro atoms. The first-order valence-corrected chi connectivity index (χ1v) is 8.29. The monoisotopic (exact) mass is 321 g/mol. The summed E-state index contributed by atoms with van der Waals surface area (Å²) in [5.74, 6) is 1.39. The Morgan fingerprint density at radius 2 is 2.14 bits per heavy atom. The van der Waals surface area contributed by atoms with E-state index in [1.54, 1.807) is 23.0 Å². The number of hydrogen-bond acceptors (Lipinski definition) is 6. The molecule has 0 aromatic carbocycles. The van der Waals surface area contributed by atoms with E-state index in [1.807, 2.05) is 26.8 Å². The van der Waals surface area contributed by atoms with Crippen molar-refractivity contribution in [2.45, 2.75) is 31.7 Å². The summed E-state index contributed by atoms with van der Waals surface area (Å²) >= 11 is 3.05. The Balaban J connectivity index is 1.99. The molecule has 0 saturated carbocycles. The molecule has 3 heterocycles. The van der Waals surface area contributed by atoms with Crippen LogP contribution in [0.2, 0.25) is 0 Å². The Morgan fingerprint density at radius 1 is 1.38 bits per heavy atom. The number of thiophene rings is 1. The predicted molar refractivity (Wildman–Crippen MR) is 85.1 cm³/mol. The smallest absolute Gasteiger partial charge is 0.262 e. The lowest BCUT2D eigenvalue weighted by Crippen LogP contribution is -2.19. The third-order valence-corrected chi connectivity index (χ3v) is 5.54. The zero-order valence-corrected chi connectivity index (χ0v) is 13.9. The standard InChI is InChI=1S/C14H15N3O2S2/c1-7-5-10(19-16-7)6-20-14-15-12-11(13(18)17(14)4)8(2)9(3)21-12/h5H,6H2,1-4H3. The van der Waals surface area contributed by atoms with E-state index in [0.29, 0.717) is 10.9 Å². The maximum absolute atomic E-state index is 12.5. The van der Waals surface area contributed by atoms with Crippen molar-refractivity contribution in [1.29, 1.82) is 0 Å². The Hall–Kier alpha value is -1.60. The quantitative estimate of drug-likeness (QED) is 0.547. The van der Waals surface area contributed by atoms with E-state index >= 15 is 0 Å². The summed E-state index contributed by atoms with van der Waals surface area (Å²) in [5.41, 5.74) is 1.90. The van der Waals surface area contributed by atoms with Crippen molar-refractivity contribution in [3.63, 3.8) is 0 Å². The molecular weight excluding hydrogens is 306 g/mol. The van der Waals surface area contributed by atoms with E-state index in [0.717, 1.165) is 32.1 Å². The van der Waals surface area contributed by atoms with Crippen LogP contribution in [-0.2, 0) is 12.8 Å². The number of nitrogens with zero attached hydrogens (tertiary/aromatic N) is 3. The SMILES string of the molecule is Cc1cc(CSc2nc3sc(C)c(C)c3c(=O)n2C)on1. The number of fused-ring (bicyclic) bond motifs is 1. The molecule has 7 heteroatoms. The van der Waals surface area contributed by atoms with Crippen molar-refractivity contribution in [1.82, 2.24) is 14.7 Å². The second kappa shape index (κ2) is 5.31. The van der Waals surface area contributed by atoms with Gasteiger partial charge in [0.25, 0.3) is 5.56 Å². The molecule has 0 radical (unpaired) electrons. The summed E-state index contributed by atoms with van der Waals surface area (Å²) in [7, 11) is 1.76. The molecule has 0 bridgehead atoms. The van der Waals surface area contributed by atoms with E-state index < -0.39 is 0 Å². The third-order valence-electron chi connectivity index (χ3n) is 3.39. The number of aryl methyl sites for hydroxylation is 3. The van der Waals surface area contributed by atoms with Gasteiger partial charge >= 0.3 is 0 Å². The van der Waals surface area contributed by atoms with Gasteiger partial charge in [0.15, 0.2) is 5.16 Å². The van der Waals surface area contributed by atoms with Gasteiger partial charge in [0.05, 0.1) is 16.8 Å². The zero-order chi connectivity index (χ0) is 15.1. The lowest BCUT2D eigenvalue weighted by molar-refractivity contribution is 0.391. The number of aromatic nitrogens is 3. The summed E-state index contributed by atoms with van der Waals surface area (Å²) < 4.78 is 6.79. The normalized spacial score (nSPS) is 11.4. The molecule has 5 nitrogen and oxygen atoms in total. The van der Waals surface area contributed by atoms with E-state index in [-0.39, 0.29) is 5.56 Å². The highest BCUT2D eigenvalue weighted by atomic mass is 32.2. The van der Waals surface area contributed by atoms with Crippen LogP contribution in [0.5, 0.6) is 0 Å². The summed E-state index contributed by atoms with van der Waals surface area (Å²) in [4.78, 5) is 19.1. The van der Waals surface area contributed by atoms with E-state index in [2.05, 4.69) is 10.1 Å². The molecule has 0 amide bonds. The summed E-state index contributed by atoms with van der Waals surface area (Å²) in [6.45, 7) is 5.88. The molecule has 0 aliphatic rings. The molecule has 0 N–H and O–H groups in total. The van der Waals surface area contributed by atoms with Gasteiger partial charge < -0.3 is 4.52 Å². The molecule has 0 aliphatic heterocycles. The third kappa shape index (κ3) is 2.51. The highest BCUT2D eigenvalue weighted by Gasteiger charge is 2.15. The minimum Gasteiger partial charge on any atom is -0.360 e. The fourth-order valence-corrected chi connectivity index (χ4v) is 4.02. The maximum atomic E-state index is 12.5. The Morgan fingerprint density at radius 3 is 2.81 bits per heavy atom. The number of hydrogen-bond donors (Lipinski definition) is 0. The van der Waals surface area contributed by atoms with Gasteiger partial charge in [-0.15, -0.1) is 11.3 Å². The lowest BCUT2D eigenvalue weighted by atomic mass is 10.2. The first-order chi connectivity index (χ1) is 9.97. The zero-order valence-electron chi connectivity index (χ0n) is 12.3. The van der Waals surface area contributed by atoms with Gasteiger partial charge in [-0.2, -0.15) is 0 Å². The first-order valence-electron chi connectivity index (χ1n) is 6.49. The van der Waals surface area contributed by atoms with Crippen LogP contribution >= 0.6 is 23.1 Å². The molecule has 3 aromatic rings. The molecule has 21 heavy (non-hydrogen) atoms. The van der Waals surface area contributed by atoms with Crippen molar-refractivity contribution < 1.29 is 4.52 Å². The molecule has 0 fully saturated rings. The highest BCUT2D eigenvalue weighted by molar-refractivity contribution is 7.98. The largest absolute Gasteiger partial charge is 0.360 e. The summed E-state index contributed by atoms with van der Waals surface area (Å²) in [5, 5.41) is 5.29. The molecule has 0 atom stereocenters. The molecule has 0 aliphatic carbocycles. The number of rotatable bonds is 3. The average molecular weight is 321 g/mol. The fourth-order valence-electron chi connectivity index (χ4n) is 2.11. The Bertz CT molecular complexity index is 876. The molecule has 3 rings (SSSR count). The van der Waals surface area contributed by atoms with Crippen molar-refractivity contribution in [2.24, 2.45) is 7.05 Å². The molecule has 0 saturated heterocycles. The van der Waals surface area contributed by atoms with Gasteiger partial charge in [-0.1, -0.05) is 16.9 Å². The van der Waals surface area contributed by atoms with E-state index in [1.165, 1.54) is 11.8 Å². The van der Waals surface area contributed by atoms with E-state index in [4.69, 9.17) is 4.52 Å². The second-order valence-electron chi connectivity index (χ2n) is 4.95. The predicted octanol–water partition coefficient (Wildman–Crippen LogP) is 3.20. The van der Waals surface area contributed by atoms with Gasteiger partial charge in [-0.3, -0.25) is 9.36 Å². The van der Waals surface area contributed by atoms with Gasteiger partial charge in [0.1, 0.15) is 10.6 Å². The molecule has 3 aromatic heterocycles. The topological polar surface area (TPSA) is 60.9 Å². The molecule has 110 valence electrons. The van der Waals surface area contributed by atoms with Crippen LogP contribution in [0, 0.1) is 20.8 Å². The second-order valence-corrected chi connectivity index (χ2v) is 7.09. The van der Waals surface area contributed by atoms with Crippen molar-refractivity contribution >= 4 is 33.3 Å². The van der Waals surface area contributed by atoms with Crippen LogP contribution < -0.4 is 5.56 Å². The van der Waals surface area contributed by atoms with Crippen LogP contribution in [-0.4, -0.2) is 14.7 Å². The van der Waals surface area contributed by atoms with Crippen molar-refractivity contribution in [3.8, 4) is 0 Å². The van der Waals surface area contributed by atoms with Crippen molar-refractivity contribution in [3.05, 3.63) is 38.3 Å². The summed E-state index contributed by atoms with van der Waals surface area (Å²) in [6.07, 6.45) is 0. The summed E-state index contributed by atoms with van der Waals surface area (Å²) in [6, 6.07) is 1.89. The number of thioether (sulfide) groups is 1. The Labute approximate surface area is 130 Å². The van der Waals surface area contributed by atoms with Gasteiger partial charge in [-0.05, 0) is 26.3 Å². The average Bonchev–Trinajstić information content (AvgIpc) is 2.97. The minimum absolute atomic E-state index is 0.0121. The maximum Gasteiger partial charge on any atom is 0.262 e. The minimum atomic E-state index is 0.0121. The lowest BCUT2D eigenvalue weighted by Gasteiger charge is -2.05.